The Bertz CT molecular complexity index is 489. The Morgan fingerprint density at radius 1 is 1.53 bits per heavy atom. The number of pyridine rings is 1. The third kappa shape index (κ3) is 4.55. The highest BCUT2D eigenvalue weighted by atomic mass is 35.5. The lowest BCUT2D eigenvalue weighted by molar-refractivity contribution is -0.405. The number of rotatable bonds is 6. The summed E-state index contributed by atoms with van der Waals surface area (Å²) in [7, 11) is 3.09. The van der Waals surface area contributed by atoms with Crippen molar-refractivity contribution in [3.05, 3.63) is 51.2 Å². The normalized spacial score (nSPS) is 11.0. The standard InChI is InChI=1S/C11H13ClN4O3/c1-14(6-9-3-4-10(12)13-5-9)11(7-16(18)19)15(2)8-17/h3-5,7-8H,6H2,1-2H3. The van der Waals surface area contributed by atoms with E-state index in [2.05, 4.69) is 4.98 Å². The lowest BCUT2D eigenvalue weighted by Gasteiger charge is -2.24. The monoisotopic (exact) mass is 284 g/mol. The van der Waals surface area contributed by atoms with Gasteiger partial charge in [0.15, 0.2) is 5.82 Å². The summed E-state index contributed by atoms with van der Waals surface area (Å²) in [5.41, 5.74) is 0.820. The van der Waals surface area contributed by atoms with E-state index in [1.165, 1.54) is 7.05 Å². The average Bonchev–Trinajstić information content (AvgIpc) is 2.37. The van der Waals surface area contributed by atoms with Crippen molar-refractivity contribution in [2.24, 2.45) is 0 Å². The highest BCUT2D eigenvalue weighted by Gasteiger charge is 2.14. The van der Waals surface area contributed by atoms with Crippen LogP contribution in [0.25, 0.3) is 0 Å². The Morgan fingerprint density at radius 3 is 2.68 bits per heavy atom. The van der Waals surface area contributed by atoms with Crippen molar-refractivity contribution in [1.29, 1.82) is 0 Å². The zero-order valence-corrected chi connectivity index (χ0v) is 11.2. The second kappa shape index (κ2) is 6.69. The van der Waals surface area contributed by atoms with E-state index in [0.29, 0.717) is 18.1 Å². The molecule has 0 unspecified atom stereocenters. The number of carbonyl (C=O) groups is 1. The SMILES string of the molecule is CN(C=O)C(=C[N+](=O)[O-])N(C)Cc1ccc(Cl)nc1. The Kier molecular flexibility index (Phi) is 5.25. The molecule has 0 aliphatic heterocycles. The number of amides is 1. The molecule has 0 spiro atoms. The summed E-state index contributed by atoms with van der Waals surface area (Å²) in [6, 6.07) is 3.39. The molecule has 0 radical (unpaired) electrons. The minimum atomic E-state index is -0.605. The van der Waals surface area contributed by atoms with Gasteiger partial charge in [-0.15, -0.1) is 0 Å². The molecule has 0 fully saturated rings. The number of carbonyl (C=O) groups excluding carboxylic acids is 1. The fourth-order valence-corrected chi connectivity index (χ4v) is 1.57. The fraction of sp³-hybridized carbons (Fsp3) is 0.273. The Morgan fingerprint density at radius 2 is 2.21 bits per heavy atom. The summed E-state index contributed by atoms with van der Waals surface area (Å²) in [5, 5.41) is 10.9. The van der Waals surface area contributed by atoms with E-state index in [-0.39, 0.29) is 5.82 Å². The number of hydrogen-bond donors (Lipinski definition) is 0. The molecule has 0 aliphatic rings. The van der Waals surface area contributed by atoms with Gasteiger partial charge in [-0.3, -0.25) is 19.8 Å². The number of nitro groups is 1. The third-order valence-electron chi connectivity index (χ3n) is 2.34. The number of hydrogen-bond acceptors (Lipinski definition) is 5. The highest BCUT2D eigenvalue weighted by Crippen LogP contribution is 2.12. The van der Waals surface area contributed by atoms with Gasteiger partial charge in [-0.25, -0.2) is 4.98 Å². The molecule has 7 nitrogen and oxygen atoms in total. The molecule has 1 amide bonds. The molecule has 0 saturated heterocycles. The molecular formula is C11H13ClN4O3. The first-order valence-electron chi connectivity index (χ1n) is 5.29. The van der Waals surface area contributed by atoms with E-state index in [4.69, 9.17) is 11.6 Å². The summed E-state index contributed by atoms with van der Waals surface area (Å²) in [5.74, 6) is 0.176. The van der Waals surface area contributed by atoms with Gasteiger partial charge < -0.3 is 4.90 Å². The van der Waals surface area contributed by atoms with Crippen LogP contribution < -0.4 is 0 Å². The van der Waals surface area contributed by atoms with Crippen molar-refractivity contribution in [3.63, 3.8) is 0 Å². The predicted molar refractivity (Wildman–Crippen MR) is 69.6 cm³/mol. The highest BCUT2D eigenvalue weighted by molar-refractivity contribution is 6.29. The lowest BCUT2D eigenvalue weighted by Crippen LogP contribution is -2.30. The molecule has 1 heterocycles. The van der Waals surface area contributed by atoms with Crippen LogP contribution in [0.4, 0.5) is 0 Å². The van der Waals surface area contributed by atoms with Gasteiger partial charge in [0.25, 0.3) is 6.20 Å². The number of nitrogens with zero attached hydrogens (tertiary/aromatic N) is 4. The molecule has 0 bridgehead atoms. The first kappa shape index (κ1) is 14.9. The topological polar surface area (TPSA) is 79.6 Å². The first-order chi connectivity index (χ1) is 8.93. The molecule has 1 rings (SSSR count). The maximum atomic E-state index is 10.7. The Hall–Kier alpha value is -2.15. The van der Waals surface area contributed by atoms with Gasteiger partial charge in [0.1, 0.15) is 5.15 Å². The number of halogens is 1. The van der Waals surface area contributed by atoms with Gasteiger partial charge in [-0.2, -0.15) is 0 Å². The van der Waals surface area contributed by atoms with Crippen molar-refractivity contribution >= 4 is 18.0 Å². The zero-order valence-electron chi connectivity index (χ0n) is 10.5. The van der Waals surface area contributed by atoms with Crippen LogP contribution in [0, 0.1) is 10.1 Å². The van der Waals surface area contributed by atoms with Gasteiger partial charge in [0.05, 0.1) is 4.92 Å². The minimum Gasteiger partial charge on any atom is -0.351 e. The molecule has 0 aromatic carbocycles. The van der Waals surface area contributed by atoms with E-state index in [1.807, 2.05) is 0 Å². The van der Waals surface area contributed by atoms with Crippen LogP contribution in [0.3, 0.4) is 0 Å². The second-order valence-corrected chi connectivity index (χ2v) is 4.22. The molecule has 1 aromatic rings. The van der Waals surface area contributed by atoms with Crippen LogP contribution >= 0.6 is 11.6 Å². The largest absolute Gasteiger partial charge is 0.351 e. The smallest absolute Gasteiger partial charge is 0.274 e. The van der Waals surface area contributed by atoms with Crippen LogP contribution in [0.15, 0.2) is 30.4 Å². The summed E-state index contributed by atoms with van der Waals surface area (Å²) >= 11 is 5.67. The van der Waals surface area contributed by atoms with Crippen LogP contribution in [0.2, 0.25) is 5.15 Å². The molecular weight excluding hydrogens is 272 g/mol. The maximum Gasteiger partial charge on any atom is 0.274 e. The second-order valence-electron chi connectivity index (χ2n) is 3.83. The van der Waals surface area contributed by atoms with Gasteiger partial charge in [0.2, 0.25) is 6.41 Å². The fourth-order valence-electron chi connectivity index (χ4n) is 1.46. The van der Waals surface area contributed by atoms with Crippen LogP contribution in [-0.4, -0.2) is 40.2 Å². The first-order valence-corrected chi connectivity index (χ1v) is 5.67. The van der Waals surface area contributed by atoms with Crippen molar-refractivity contribution in [3.8, 4) is 0 Å². The van der Waals surface area contributed by atoms with Crippen molar-refractivity contribution in [2.45, 2.75) is 6.54 Å². The quantitative estimate of drug-likeness (QED) is 0.341. The summed E-state index contributed by atoms with van der Waals surface area (Å²) in [4.78, 5) is 27.3. The maximum absolute atomic E-state index is 10.7. The van der Waals surface area contributed by atoms with E-state index in [0.717, 1.165) is 16.7 Å². The molecule has 102 valence electrons. The van der Waals surface area contributed by atoms with Crippen molar-refractivity contribution in [2.75, 3.05) is 14.1 Å². The predicted octanol–water partition coefficient (Wildman–Crippen LogP) is 1.33. The molecule has 1 aromatic heterocycles. The molecule has 8 heteroatoms. The van der Waals surface area contributed by atoms with Gasteiger partial charge in [-0.05, 0) is 11.6 Å². The zero-order chi connectivity index (χ0) is 14.4. The Labute approximate surface area is 115 Å². The van der Waals surface area contributed by atoms with Gasteiger partial charge in [-0.1, -0.05) is 17.7 Å². The third-order valence-corrected chi connectivity index (χ3v) is 2.56. The summed E-state index contributed by atoms with van der Waals surface area (Å²) < 4.78 is 0. The molecule has 0 atom stereocenters. The molecule has 0 saturated carbocycles. The summed E-state index contributed by atoms with van der Waals surface area (Å²) in [6.07, 6.45) is 2.85. The van der Waals surface area contributed by atoms with E-state index < -0.39 is 4.92 Å². The lowest BCUT2D eigenvalue weighted by atomic mass is 10.3. The van der Waals surface area contributed by atoms with E-state index >= 15 is 0 Å². The Balaban J connectivity index is 2.88. The molecule has 19 heavy (non-hydrogen) atoms. The van der Waals surface area contributed by atoms with Crippen LogP contribution in [0.1, 0.15) is 5.56 Å². The van der Waals surface area contributed by atoms with E-state index in [9.17, 15) is 14.9 Å². The number of aromatic nitrogens is 1. The van der Waals surface area contributed by atoms with Crippen LogP contribution in [0.5, 0.6) is 0 Å². The summed E-state index contributed by atoms with van der Waals surface area (Å²) in [6.45, 7) is 0.363. The molecule has 0 aliphatic carbocycles. The minimum absolute atomic E-state index is 0.176. The van der Waals surface area contributed by atoms with Gasteiger partial charge >= 0.3 is 0 Å². The van der Waals surface area contributed by atoms with Gasteiger partial charge in [0, 0.05) is 26.8 Å². The average molecular weight is 285 g/mol. The van der Waals surface area contributed by atoms with Crippen molar-refractivity contribution < 1.29 is 9.72 Å². The van der Waals surface area contributed by atoms with Crippen LogP contribution in [-0.2, 0) is 11.3 Å². The van der Waals surface area contributed by atoms with Crippen molar-refractivity contribution in [1.82, 2.24) is 14.8 Å². The van der Waals surface area contributed by atoms with E-state index in [1.54, 1.807) is 30.3 Å². The molecule has 0 N–H and O–H groups in total.